The zero-order valence-electron chi connectivity index (χ0n) is 23.7. The molecule has 0 saturated heterocycles. The molecule has 0 unspecified atom stereocenters. The number of carbonyl (C=O) groups is 1. The average molecular weight is 618 g/mol. The molecule has 0 amide bonds. The molecule has 5 rings (SSSR count). The number of carboxylic acids is 1. The quantitative estimate of drug-likeness (QED) is 0.105. The van der Waals surface area contributed by atoms with Gasteiger partial charge >= 0.3 is 5.97 Å². The fourth-order valence-corrected chi connectivity index (χ4v) is 4.22. The second kappa shape index (κ2) is 12.6. The predicted molar refractivity (Wildman–Crippen MR) is 156 cm³/mol. The monoisotopic (exact) mass is 617 g/mol. The van der Waals surface area contributed by atoms with E-state index in [1.807, 2.05) is 0 Å². The van der Waals surface area contributed by atoms with Crippen LogP contribution in [0.2, 0.25) is 0 Å². The first-order valence-corrected chi connectivity index (χ1v) is 13.1. The molecule has 0 aliphatic carbocycles. The maximum atomic E-state index is 16.0. The van der Waals surface area contributed by atoms with Crippen molar-refractivity contribution in [2.75, 3.05) is 7.11 Å². The normalized spacial score (nSPS) is 10.8. The number of aliphatic carboxylic acids is 1. The molecule has 0 bridgehead atoms. The largest absolute Gasteiger partial charge is 0.504 e. The number of aromatic hydroxyl groups is 1. The van der Waals surface area contributed by atoms with Gasteiger partial charge in [-0.2, -0.15) is 13.8 Å². The third-order valence-corrected chi connectivity index (χ3v) is 6.38. The number of methoxy groups -OCH3 is 1. The van der Waals surface area contributed by atoms with Gasteiger partial charge in [0, 0.05) is 30.6 Å². The molecule has 0 spiro atoms. The lowest BCUT2D eigenvalue weighted by Gasteiger charge is -2.17. The number of hydrogen-bond donors (Lipinski definition) is 4. The molecule has 12 nitrogen and oxygen atoms in total. The summed E-state index contributed by atoms with van der Waals surface area (Å²) in [7, 11) is 3.07. The number of carboxylic acid groups (broad SMARTS) is 1. The highest BCUT2D eigenvalue weighted by molar-refractivity contribution is 5.95. The maximum absolute atomic E-state index is 16.0. The number of nitrogens with two attached hydrogens (primary N) is 1. The first-order valence-electron chi connectivity index (χ1n) is 13.1. The standard InChI is InChI=1S/C31H25F2N5O7/c1-38-11-10-36-29(38)18-4-3-5-19(14-18)43-30-25(32)27(44-21-9-6-16(13-24(40)41)12-23(21)42-2)26(33)31(37-30)45-22-15-17(28(34)35)7-8-20(22)39/h3-12,14-15,39H,13H2,1-2H3,(H3,34,35)(H,40,41). The Morgan fingerprint density at radius 1 is 0.978 bits per heavy atom. The smallest absolute Gasteiger partial charge is 0.307 e. The molecule has 0 saturated carbocycles. The zero-order valence-corrected chi connectivity index (χ0v) is 23.7. The number of amidine groups is 1. The number of hydrogen-bond acceptors (Lipinski definition) is 9. The van der Waals surface area contributed by atoms with Crippen LogP contribution in [0.5, 0.6) is 46.3 Å². The van der Waals surface area contributed by atoms with E-state index in [0.29, 0.717) is 17.0 Å². The summed E-state index contributed by atoms with van der Waals surface area (Å²) in [6.45, 7) is 0. The fourth-order valence-electron chi connectivity index (χ4n) is 4.22. The summed E-state index contributed by atoms with van der Waals surface area (Å²) in [4.78, 5) is 19.3. The van der Waals surface area contributed by atoms with Crippen molar-refractivity contribution in [2.45, 2.75) is 6.42 Å². The van der Waals surface area contributed by atoms with Crippen LogP contribution in [0.3, 0.4) is 0 Å². The number of aryl methyl sites for hydroxylation is 1. The van der Waals surface area contributed by atoms with Crippen molar-refractivity contribution in [3.8, 4) is 57.6 Å². The summed E-state index contributed by atoms with van der Waals surface area (Å²) in [6.07, 6.45) is 3.03. The van der Waals surface area contributed by atoms with Gasteiger partial charge in [-0.3, -0.25) is 10.2 Å². The molecule has 0 atom stereocenters. The van der Waals surface area contributed by atoms with Gasteiger partial charge in [0.05, 0.1) is 13.5 Å². The van der Waals surface area contributed by atoms with Crippen molar-refractivity contribution in [3.05, 3.63) is 95.8 Å². The van der Waals surface area contributed by atoms with Crippen molar-refractivity contribution >= 4 is 11.8 Å². The maximum Gasteiger partial charge on any atom is 0.307 e. The molecule has 5 N–H and O–H groups in total. The van der Waals surface area contributed by atoms with Crippen LogP contribution in [0.25, 0.3) is 11.4 Å². The summed E-state index contributed by atoms with van der Waals surface area (Å²) in [6, 6.07) is 14.2. The number of rotatable bonds is 11. The van der Waals surface area contributed by atoms with Crippen LogP contribution in [-0.4, -0.2) is 43.7 Å². The Morgan fingerprint density at radius 2 is 1.73 bits per heavy atom. The minimum atomic E-state index is -1.41. The van der Waals surface area contributed by atoms with Gasteiger partial charge in [-0.1, -0.05) is 18.2 Å². The van der Waals surface area contributed by atoms with E-state index in [2.05, 4.69) is 9.97 Å². The number of ether oxygens (including phenoxy) is 4. The Kier molecular flexibility index (Phi) is 8.47. The summed E-state index contributed by atoms with van der Waals surface area (Å²) in [5, 5.41) is 27.1. The van der Waals surface area contributed by atoms with Crippen molar-refractivity contribution in [1.82, 2.24) is 14.5 Å². The Balaban J connectivity index is 1.60. The summed E-state index contributed by atoms with van der Waals surface area (Å²) in [5.74, 6) is -7.05. The topological polar surface area (TPSA) is 175 Å². The van der Waals surface area contributed by atoms with E-state index in [1.165, 1.54) is 49.6 Å². The van der Waals surface area contributed by atoms with Crippen molar-refractivity contribution < 1.29 is 42.7 Å². The lowest BCUT2D eigenvalue weighted by molar-refractivity contribution is -0.136. The highest BCUT2D eigenvalue weighted by Crippen LogP contribution is 2.43. The van der Waals surface area contributed by atoms with E-state index in [1.54, 1.807) is 42.2 Å². The molecule has 0 radical (unpaired) electrons. The Labute approximate surface area is 254 Å². The van der Waals surface area contributed by atoms with Gasteiger partial charge in [0.1, 0.15) is 17.4 Å². The molecule has 5 aromatic rings. The first-order chi connectivity index (χ1) is 21.5. The van der Waals surface area contributed by atoms with E-state index in [0.717, 1.165) is 0 Å². The lowest BCUT2D eigenvalue weighted by atomic mass is 10.1. The lowest BCUT2D eigenvalue weighted by Crippen LogP contribution is -2.11. The minimum Gasteiger partial charge on any atom is -0.504 e. The number of benzene rings is 3. The number of nitrogen functional groups attached to an aromatic ring is 1. The predicted octanol–water partition coefficient (Wildman–Crippen LogP) is 5.76. The zero-order chi connectivity index (χ0) is 32.2. The highest BCUT2D eigenvalue weighted by atomic mass is 19.1. The van der Waals surface area contributed by atoms with Gasteiger partial charge in [0.25, 0.3) is 11.8 Å². The minimum absolute atomic E-state index is 0.0103. The van der Waals surface area contributed by atoms with Crippen LogP contribution < -0.4 is 24.7 Å². The van der Waals surface area contributed by atoms with E-state index >= 15 is 8.78 Å². The molecule has 0 aliphatic rings. The molecular weight excluding hydrogens is 592 g/mol. The van der Waals surface area contributed by atoms with Crippen LogP contribution in [0.15, 0.2) is 73.1 Å². The number of phenolic OH excluding ortho intramolecular Hbond substituents is 1. The van der Waals surface area contributed by atoms with Crippen LogP contribution in [-0.2, 0) is 18.3 Å². The van der Waals surface area contributed by atoms with E-state index in [9.17, 15) is 9.90 Å². The number of halogens is 2. The van der Waals surface area contributed by atoms with Crippen LogP contribution in [0.4, 0.5) is 8.78 Å². The molecule has 0 fully saturated rings. The summed E-state index contributed by atoms with van der Waals surface area (Å²) < 4.78 is 55.8. The number of nitrogens with zero attached hydrogens (tertiary/aromatic N) is 3. The van der Waals surface area contributed by atoms with Crippen molar-refractivity contribution in [3.63, 3.8) is 0 Å². The molecule has 14 heteroatoms. The van der Waals surface area contributed by atoms with Gasteiger partial charge in [0.15, 0.2) is 23.0 Å². The average Bonchev–Trinajstić information content (AvgIpc) is 3.44. The number of phenols is 1. The van der Waals surface area contributed by atoms with Gasteiger partial charge in [-0.15, -0.1) is 0 Å². The van der Waals surface area contributed by atoms with Gasteiger partial charge in [0.2, 0.25) is 17.4 Å². The number of imidazole rings is 1. The van der Waals surface area contributed by atoms with E-state index < -0.39 is 40.9 Å². The summed E-state index contributed by atoms with van der Waals surface area (Å²) in [5.41, 5.74) is 6.67. The van der Waals surface area contributed by atoms with Crippen LogP contribution in [0.1, 0.15) is 11.1 Å². The molecule has 45 heavy (non-hydrogen) atoms. The van der Waals surface area contributed by atoms with Crippen molar-refractivity contribution in [1.29, 1.82) is 5.41 Å². The molecule has 0 aliphatic heterocycles. The second-order valence-electron chi connectivity index (χ2n) is 9.53. The molecule has 2 heterocycles. The van der Waals surface area contributed by atoms with Gasteiger partial charge < -0.3 is 39.5 Å². The number of aromatic nitrogens is 3. The Bertz CT molecular complexity index is 1930. The number of pyridine rings is 1. The first kappa shape index (κ1) is 30.3. The Morgan fingerprint density at radius 3 is 2.40 bits per heavy atom. The molecule has 230 valence electrons. The summed E-state index contributed by atoms with van der Waals surface area (Å²) >= 11 is 0. The fraction of sp³-hybridized carbons (Fsp3) is 0.0968. The Hall–Kier alpha value is -6.18. The SMILES string of the molecule is COc1cc(CC(=O)O)ccc1Oc1c(F)c(Oc2cccc(-c3nccn3C)c2)nc(Oc2cc(C(=N)N)ccc2O)c1F. The van der Waals surface area contributed by atoms with Crippen LogP contribution in [0, 0.1) is 17.0 Å². The molecule has 2 aromatic heterocycles. The van der Waals surface area contributed by atoms with Gasteiger partial charge in [-0.05, 0) is 48.0 Å². The third kappa shape index (κ3) is 6.59. The molecular formula is C31H25F2N5O7. The van der Waals surface area contributed by atoms with Crippen molar-refractivity contribution in [2.24, 2.45) is 12.8 Å². The number of nitrogens with one attached hydrogen (secondary N) is 1. The van der Waals surface area contributed by atoms with Crippen LogP contribution >= 0.6 is 0 Å². The molecule has 3 aromatic carbocycles. The second-order valence-corrected chi connectivity index (χ2v) is 9.53. The van der Waals surface area contributed by atoms with Gasteiger partial charge in [-0.25, -0.2) is 4.98 Å². The third-order valence-electron chi connectivity index (χ3n) is 6.38. The van der Waals surface area contributed by atoms with E-state index in [-0.39, 0.29) is 40.8 Å². The highest BCUT2D eigenvalue weighted by Gasteiger charge is 2.27. The van der Waals surface area contributed by atoms with E-state index in [4.69, 9.17) is 35.2 Å².